The van der Waals surface area contributed by atoms with Crippen LogP contribution in [0.2, 0.25) is 0 Å². The minimum Gasteiger partial charge on any atom is -0.508 e. The molecule has 2 aromatic rings. The Bertz CT molecular complexity index is 1320. The van der Waals surface area contributed by atoms with E-state index in [0.29, 0.717) is 25.3 Å². The monoisotopic (exact) mass is 636 g/mol. The third-order valence-corrected chi connectivity index (χ3v) is 8.54. The Balaban J connectivity index is 1.56. The summed E-state index contributed by atoms with van der Waals surface area (Å²) >= 11 is 0. The first kappa shape index (κ1) is 34.7. The van der Waals surface area contributed by atoms with E-state index in [4.69, 9.17) is 9.57 Å². The van der Waals surface area contributed by atoms with Crippen LogP contribution in [0, 0.1) is 5.92 Å². The smallest absolute Gasteiger partial charge is 0.436 e. The lowest BCUT2D eigenvalue weighted by atomic mass is 9.99. The van der Waals surface area contributed by atoms with E-state index in [0.717, 1.165) is 41.9 Å². The van der Waals surface area contributed by atoms with Gasteiger partial charge < -0.3 is 25.0 Å². The molecule has 2 aliphatic rings. The normalized spacial score (nSPS) is 20.5. The van der Waals surface area contributed by atoms with Crippen molar-refractivity contribution in [2.24, 2.45) is 5.92 Å². The number of hydrogen-bond donors (Lipinski definition) is 2. The lowest BCUT2D eigenvalue weighted by Gasteiger charge is -2.52. The highest BCUT2D eigenvalue weighted by atomic mass is 16.7. The fourth-order valence-corrected chi connectivity index (χ4v) is 5.96. The predicted octanol–water partition coefficient (Wildman–Crippen LogP) is 4.43. The van der Waals surface area contributed by atoms with Crippen molar-refractivity contribution in [3.05, 3.63) is 65.7 Å². The van der Waals surface area contributed by atoms with Gasteiger partial charge in [-0.1, -0.05) is 76.1 Å². The SMILES string of the molecule is CCCC[C@@H](C(=O)NCCCC(C)C)N1CC2N(C(=O)OCCc3ccc(O)cc3)O[C@H](Cc3ccccc3)C(=O)N2[C@@H](C)C1=O. The molecule has 0 saturated carbocycles. The van der Waals surface area contributed by atoms with Crippen molar-refractivity contribution in [2.45, 2.75) is 97.0 Å². The van der Waals surface area contributed by atoms with Gasteiger partial charge in [0.2, 0.25) is 11.8 Å². The molecule has 4 amide bonds. The van der Waals surface area contributed by atoms with Crippen LogP contribution < -0.4 is 5.32 Å². The number of piperazine rings is 1. The molecule has 2 aliphatic heterocycles. The molecular formula is C35H48N4O7. The Labute approximate surface area is 271 Å². The van der Waals surface area contributed by atoms with Crippen LogP contribution in [0.3, 0.4) is 0 Å². The van der Waals surface area contributed by atoms with E-state index >= 15 is 0 Å². The number of nitrogens with zero attached hydrogens (tertiary/aromatic N) is 3. The van der Waals surface area contributed by atoms with Crippen LogP contribution in [0.15, 0.2) is 54.6 Å². The Kier molecular flexibility index (Phi) is 12.4. The highest BCUT2D eigenvalue weighted by Gasteiger charge is 2.53. The molecule has 4 atom stereocenters. The van der Waals surface area contributed by atoms with Gasteiger partial charge in [0.05, 0.1) is 13.2 Å². The van der Waals surface area contributed by atoms with Crippen LogP contribution in [0.5, 0.6) is 5.75 Å². The Hall–Kier alpha value is -4.12. The summed E-state index contributed by atoms with van der Waals surface area (Å²) in [4.78, 5) is 63.9. The molecule has 2 heterocycles. The Morgan fingerprint density at radius 1 is 1.00 bits per heavy atom. The second-order valence-electron chi connectivity index (χ2n) is 12.5. The van der Waals surface area contributed by atoms with Gasteiger partial charge in [0.1, 0.15) is 17.8 Å². The molecule has 0 aromatic heterocycles. The molecule has 11 nitrogen and oxygen atoms in total. The fraction of sp³-hybridized carbons (Fsp3) is 0.543. The zero-order chi connectivity index (χ0) is 33.2. The molecule has 2 fully saturated rings. The number of rotatable bonds is 14. The van der Waals surface area contributed by atoms with Gasteiger partial charge in [-0.25, -0.2) is 4.79 Å². The average Bonchev–Trinajstić information content (AvgIpc) is 3.04. The molecule has 2 saturated heterocycles. The summed E-state index contributed by atoms with van der Waals surface area (Å²) in [6.07, 6.45) is 1.62. The summed E-state index contributed by atoms with van der Waals surface area (Å²) in [5.74, 6) is -0.317. The summed E-state index contributed by atoms with van der Waals surface area (Å²) in [6, 6.07) is 14.3. The van der Waals surface area contributed by atoms with Gasteiger partial charge in [-0.05, 0) is 55.4 Å². The van der Waals surface area contributed by atoms with Crippen LogP contribution in [0.4, 0.5) is 4.79 Å². The van der Waals surface area contributed by atoms with E-state index < -0.39 is 36.4 Å². The molecule has 1 unspecified atom stereocenters. The number of aromatic hydroxyl groups is 1. The standard InChI is InChI=1S/C35H48N4O7/c1-5-6-14-29(32(41)36-20-10-11-24(2)3)37-23-31-38(25(4)33(37)42)34(43)30(22-27-12-8-7-9-13-27)46-39(31)35(44)45-21-19-26-15-17-28(40)18-16-26/h7-9,12-13,15-18,24-25,29-31,40H,5-6,10-11,14,19-23H2,1-4H3,(H,36,41)/t25-,29-,30+,31?/m0/s1. The lowest BCUT2D eigenvalue weighted by molar-refractivity contribution is -0.266. The van der Waals surface area contributed by atoms with Crippen LogP contribution in [0.1, 0.15) is 70.9 Å². The van der Waals surface area contributed by atoms with Crippen molar-refractivity contribution in [3.8, 4) is 5.75 Å². The van der Waals surface area contributed by atoms with Crippen molar-refractivity contribution < 1.29 is 33.9 Å². The van der Waals surface area contributed by atoms with E-state index in [9.17, 15) is 24.3 Å². The number of ether oxygens (including phenoxy) is 1. The molecule has 0 radical (unpaired) electrons. The summed E-state index contributed by atoms with van der Waals surface area (Å²) in [5.41, 5.74) is 1.71. The zero-order valence-electron chi connectivity index (χ0n) is 27.4. The first-order valence-corrected chi connectivity index (χ1v) is 16.5. The first-order chi connectivity index (χ1) is 22.1. The average molecular weight is 637 g/mol. The van der Waals surface area contributed by atoms with E-state index in [1.165, 1.54) is 9.80 Å². The van der Waals surface area contributed by atoms with Crippen LogP contribution in [-0.4, -0.2) is 87.8 Å². The van der Waals surface area contributed by atoms with E-state index in [2.05, 4.69) is 19.2 Å². The van der Waals surface area contributed by atoms with Crippen molar-refractivity contribution >= 4 is 23.8 Å². The number of benzene rings is 2. The molecule has 11 heteroatoms. The molecule has 0 aliphatic carbocycles. The van der Waals surface area contributed by atoms with Gasteiger partial charge in [-0.15, -0.1) is 0 Å². The number of phenols is 1. The van der Waals surface area contributed by atoms with Crippen LogP contribution >= 0.6 is 0 Å². The maximum Gasteiger partial charge on any atom is 0.436 e. The molecule has 0 spiro atoms. The molecule has 46 heavy (non-hydrogen) atoms. The van der Waals surface area contributed by atoms with Crippen molar-refractivity contribution in [2.75, 3.05) is 19.7 Å². The number of carbonyl (C=O) groups excluding carboxylic acids is 4. The van der Waals surface area contributed by atoms with Crippen molar-refractivity contribution in [1.82, 2.24) is 20.2 Å². The predicted molar refractivity (Wildman–Crippen MR) is 172 cm³/mol. The maximum atomic E-state index is 13.9. The minimum atomic E-state index is -1.05. The van der Waals surface area contributed by atoms with Gasteiger partial charge in [0.25, 0.3) is 5.91 Å². The Morgan fingerprint density at radius 2 is 1.72 bits per heavy atom. The highest BCUT2D eigenvalue weighted by molar-refractivity contribution is 5.94. The molecule has 4 rings (SSSR count). The first-order valence-electron chi connectivity index (χ1n) is 16.5. The number of nitrogens with one attached hydrogen (secondary N) is 1. The van der Waals surface area contributed by atoms with E-state index in [1.54, 1.807) is 31.2 Å². The zero-order valence-corrected chi connectivity index (χ0v) is 27.4. The van der Waals surface area contributed by atoms with Crippen molar-refractivity contribution in [1.29, 1.82) is 0 Å². The van der Waals surface area contributed by atoms with Gasteiger partial charge in [-0.3, -0.25) is 19.2 Å². The van der Waals surface area contributed by atoms with Crippen molar-refractivity contribution in [3.63, 3.8) is 0 Å². The van der Waals surface area contributed by atoms with E-state index in [-0.39, 0.29) is 37.1 Å². The molecule has 2 aromatic carbocycles. The number of amides is 4. The van der Waals surface area contributed by atoms with Gasteiger partial charge in [0, 0.05) is 19.4 Å². The molecule has 2 N–H and O–H groups in total. The maximum absolute atomic E-state index is 13.9. The second-order valence-corrected chi connectivity index (χ2v) is 12.5. The van der Waals surface area contributed by atoms with Gasteiger partial charge in [0.15, 0.2) is 12.3 Å². The quantitative estimate of drug-likeness (QED) is 0.294. The Morgan fingerprint density at radius 3 is 2.39 bits per heavy atom. The third-order valence-electron chi connectivity index (χ3n) is 8.54. The number of unbranched alkanes of at least 4 members (excludes halogenated alkanes) is 1. The minimum absolute atomic E-state index is 0.0313. The van der Waals surface area contributed by atoms with Gasteiger partial charge in [-0.2, -0.15) is 5.06 Å². The topological polar surface area (TPSA) is 129 Å². The lowest BCUT2D eigenvalue weighted by Crippen LogP contribution is -2.74. The molecular weight excluding hydrogens is 588 g/mol. The van der Waals surface area contributed by atoms with Gasteiger partial charge >= 0.3 is 6.09 Å². The number of fused-ring (bicyclic) bond motifs is 1. The molecule has 0 bridgehead atoms. The summed E-state index contributed by atoms with van der Waals surface area (Å²) in [5, 5.41) is 13.6. The number of hydrogen-bond acceptors (Lipinski definition) is 7. The summed E-state index contributed by atoms with van der Waals surface area (Å²) in [6.45, 7) is 8.37. The van der Waals surface area contributed by atoms with Crippen LogP contribution in [0.25, 0.3) is 0 Å². The number of carbonyl (C=O) groups is 4. The molecule has 250 valence electrons. The van der Waals surface area contributed by atoms with Crippen LogP contribution in [-0.2, 0) is 36.8 Å². The summed E-state index contributed by atoms with van der Waals surface area (Å²) < 4.78 is 5.63. The third kappa shape index (κ3) is 8.78. The number of phenolic OH excluding ortho intramolecular Hbond substituents is 1. The highest BCUT2D eigenvalue weighted by Crippen LogP contribution is 2.31. The fourth-order valence-electron chi connectivity index (χ4n) is 5.96. The largest absolute Gasteiger partial charge is 0.508 e. The van der Waals surface area contributed by atoms with E-state index in [1.807, 2.05) is 37.3 Å². The second kappa shape index (κ2) is 16.4. The summed E-state index contributed by atoms with van der Waals surface area (Å²) in [7, 11) is 0. The number of hydroxylamine groups is 2.